The Balaban J connectivity index is 1.59. The smallest absolute Gasteiger partial charge is 0.272 e. The molecule has 0 spiro atoms. The fraction of sp³-hybridized carbons (Fsp3) is 0.667. The van der Waals surface area contributed by atoms with Crippen molar-refractivity contribution >= 4 is 11.7 Å². The maximum atomic E-state index is 14.8. The largest absolute Gasteiger partial charge is 0.353 e. The van der Waals surface area contributed by atoms with Crippen molar-refractivity contribution in [2.75, 3.05) is 31.1 Å². The summed E-state index contributed by atoms with van der Waals surface area (Å²) in [4.78, 5) is 20.1. The normalized spacial score (nSPS) is 21.3. The fourth-order valence-electron chi connectivity index (χ4n) is 3.58. The van der Waals surface area contributed by atoms with E-state index in [1.165, 1.54) is 12.3 Å². The van der Waals surface area contributed by atoms with E-state index < -0.39 is 11.6 Å². The van der Waals surface area contributed by atoms with Crippen molar-refractivity contribution in [3.05, 3.63) is 23.9 Å². The Labute approximate surface area is 146 Å². The minimum absolute atomic E-state index is 0.123. The summed E-state index contributed by atoms with van der Waals surface area (Å²) in [6.45, 7) is 2.75. The number of halogens is 3. The van der Waals surface area contributed by atoms with Gasteiger partial charge < -0.3 is 9.80 Å². The van der Waals surface area contributed by atoms with Crippen LogP contribution in [-0.2, 0) is 10.7 Å². The van der Waals surface area contributed by atoms with Crippen LogP contribution in [0.25, 0.3) is 0 Å². The molecular formula is C18H24F3N3O. The van der Waals surface area contributed by atoms with Crippen LogP contribution in [0, 0.1) is 0 Å². The number of piperazine rings is 1. The first kappa shape index (κ1) is 18.0. The molecule has 1 amide bonds. The van der Waals surface area contributed by atoms with Crippen LogP contribution in [0.2, 0.25) is 0 Å². The standard InChI is InChI=1S/C18H24F3N3O/c1-17(19,20)14-5-6-15(22-13-14)23-9-11-24(12-10-23)16(25)18(21)7-3-2-4-8-18/h5-6,13H,2-4,7-12H2,1H3. The fourth-order valence-corrected chi connectivity index (χ4v) is 3.58. The number of carbonyl (C=O) groups is 1. The van der Waals surface area contributed by atoms with Gasteiger partial charge in [0.05, 0.1) is 0 Å². The molecule has 0 unspecified atom stereocenters. The second kappa shape index (κ2) is 6.84. The quantitative estimate of drug-likeness (QED) is 0.832. The minimum Gasteiger partial charge on any atom is -0.353 e. The molecule has 138 valence electrons. The molecule has 25 heavy (non-hydrogen) atoms. The number of carbonyl (C=O) groups excluding carboxylic acids is 1. The molecule has 0 atom stereocenters. The summed E-state index contributed by atoms with van der Waals surface area (Å²) in [6, 6.07) is 2.94. The zero-order valence-electron chi connectivity index (χ0n) is 14.5. The van der Waals surface area contributed by atoms with Crippen LogP contribution in [0.1, 0.15) is 44.6 Å². The molecule has 2 heterocycles. The number of pyridine rings is 1. The highest BCUT2D eigenvalue weighted by molar-refractivity contribution is 5.85. The Morgan fingerprint density at radius 1 is 1.12 bits per heavy atom. The molecule has 1 saturated carbocycles. The molecule has 1 aromatic heterocycles. The second-order valence-corrected chi connectivity index (χ2v) is 7.10. The highest BCUT2D eigenvalue weighted by Gasteiger charge is 2.43. The molecule has 0 aromatic carbocycles. The number of anilines is 1. The monoisotopic (exact) mass is 355 g/mol. The lowest BCUT2D eigenvalue weighted by Crippen LogP contribution is -2.55. The molecule has 2 aliphatic rings. The average molecular weight is 355 g/mol. The zero-order valence-corrected chi connectivity index (χ0v) is 14.5. The summed E-state index contributed by atoms with van der Waals surface area (Å²) in [7, 11) is 0. The lowest BCUT2D eigenvalue weighted by Gasteiger charge is -2.39. The number of hydrogen-bond donors (Lipinski definition) is 0. The summed E-state index contributed by atoms with van der Waals surface area (Å²) >= 11 is 0. The van der Waals surface area contributed by atoms with E-state index in [0.717, 1.165) is 26.2 Å². The Hall–Kier alpha value is -1.79. The van der Waals surface area contributed by atoms with Gasteiger partial charge in [-0.2, -0.15) is 0 Å². The van der Waals surface area contributed by atoms with Crippen molar-refractivity contribution in [2.45, 2.75) is 50.6 Å². The van der Waals surface area contributed by atoms with Crippen molar-refractivity contribution in [1.29, 1.82) is 0 Å². The molecule has 7 heteroatoms. The van der Waals surface area contributed by atoms with Crippen molar-refractivity contribution in [1.82, 2.24) is 9.88 Å². The number of rotatable bonds is 3. The van der Waals surface area contributed by atoms with E-state index in [2.05, 4.69) is 4.98 Å². The molecule has 3 rings (SSSR count). The van der Waals surface area contributed by atoms with Gasteiger partial charge in [0, 0.05) is 44.9 Å². The van der Waals surface area contributed by atoms with Crippen molar-refractivity contribution < 1.29 is 18.0 Å². The average Bonchev–Trinajstić information content (AvgIpc) is 2.61. The van der Waals surface area contributed by atoms with Gasteiger partial charge in [0.15, 0.2) is 5.67 Å². The maximum Gasteiger partial charge on any atom is 0.272 e. The highest BCUT2D eigenvalue weighted by Crippen LogP contribution is 2.34. The molecule has 1 saturated heterocycles. The third-order valence-corrected chi connectivity index (χ3v) is 5.18. The summed E-state index contributed by atoms with van der Waals surface area (Å²) in [5.74, 6) is -2.69. The first-order valence-electron chi connectivity index (χ1n) is 8.87. The molecular weight excluding hydrogens is 331 g/mol. The van der Waals surface area contributed by atoms with E-state index in [1.54, 1.807) is 11.0 Å². The van der Waals surface area contributed by atoms with Crippen molar-refractivity contribution in [3.63, 3.8) is 0 Å². The molecule has 1 aliphatic carbocycles. The van der Waals surface area contributed by atoms with Gasteiger partial charge >= 0.3 is 0 Å². The van der Waals surface area contributed by atoms with E-state index in [1.807, 2.05) is 4.90 Å². The molecule has 0 radical (unpaired) electrons. The van der Waals surface area contributed by atoms with Gasteiger partial charge in [-0.05, 0) is 37.8 Å². The Bertz CT molecular complexity index is 601. The Morgan fingerprint density at radius 3 is 2.28 bits per heavy atom. The predicted molar refractivity (Wildman–Crippen MR) is 89.5 cm³/mol. The second-order valence-electron chi connectivity index (χ2n) is 7.10. The molecule has 1 aliphatic heterocycles. The van der Waals surface area contributed by atoms with E-state index in [-0.39, 0.29) is 11.5 Å². The van der Waals surface area contributed by atoms with Crippen LogP contribution < -0.4 is 4.90 Å². The van der Waals surface area contributed by atoms with E-state index in [4.69, 9.17) is 0 Å². The maximum absolute atomic E-state index is 14.8. The first-order valence-corrected chi connectivity index (χ1v) is 8.87. The number of hydrogen-bond acceptors (Lipinski definition) is 3. The molecule has 0 bridgehead atoms. The Morgan fingerprint density at radius 2 is 1.76 bits per heavy atom. The van der Waals surface area contributed by atoms with E-state index in [0.29, 0.717) is 44.8 Å². The third-order valence-electron chi connectivity index (χ3n) is 5.18. The number of amides is 1. The predicted octanol–water partition coefficient (Wildman–Crippen LogP) is 3.51. The Kier molecular flexibility index (Phi) is 4.93. The zero-order chi connectivity index (χ0) is 18.1. The van der Waals surface area contributed by atoms with Crippen LogP contribution in [-0.4, -0.2) is 47.6 Å². The molecule has 2 fully saturated rings. The van der Waals surface area contributed by atoms with Gasteiger partial charge in [-0.15, -0.1) is 0 Å². The van der Waals surface area contributed by atoms with Crippen LogP contribution in [0.5, 0.6) is 0 Å². The van der Waals surface area contributed by atoms with Crippen molar-refractivity contribution in [3.8, 4) is 0 Å². The lowest BCUT2D eigenvalue weighted by atomic mass is 9.85. The van der Waals surface area contributed by atoms with Crippen LogP contribution in [0.3, 0.4) is 0 Å². The van der Waals surface area contributed by atoms with Gasteiger partial charge in [0.1, 0.15) is 5.82 Å². The first-order chi connectivity index (χ1) is 11.8. The van der Waals surface area contributed by atoms with Crippen LogP contribution in [0.4, 0.5) is 19.0 Å². The highest BCUT2D eigenvalue weighted by atomic mass is 19.3. The van der Waals surface area contributed by atoms with Gasteiger partial charge in [0.25, 0.3) is 11.8 Å². The third kappa shape index (κ3) is 3.90. The topological polar surface area (TPSA) is 36.4 Å². The van der Waals surface area contributed by atoms with Gasteiger partial charge in [-0.1, -0.05) is 6.42 Å². The minimum atomic E-state index is -2.91. The number of nitrogens with zero attached hydrogens (tertiary/aromatic N) is 3. The summed E-state index contributed by atoms with van der Waals surface area (Å²) in [6.07, 6.45) is 4.35. The summed E-state index contributed by atoms with van der Waals surface area (Å²) in [5, 5.41) is 0. The lowest BCUT2D eigenvalue weighted by molar-refractivity contribution is -0.146. The van der Waals surface area contributed by atoms with Crippen LogP contribution >= 0.6 is 0 Å². The molecule has 1 aromatic rings. The number of alkyl halides is 3. The summed E-state index contributed by atoms with van der Waals surface area (Å²) < 4.78 is 41.3. The van der Waals surface area contributed by atoms with Gasteiger partial charge in [-0.3, -0.25) is 4.79 Å². The van der Waals surface area contributed by atoms with Gasteiger partial charge in [-0.25, -0.2) is 18.2 Å². The molecule has 0 N–H and O–H groups in total. The van der Waals surface area contributed by atoms with Gasteiger partial charge in [0.2, 0.25) is 0 Å². The molecule has 4 nitrogen and oxygen atoms in total. The number of aromatic nitrogens is 1. The van der Waals surface area contributed by atoms with E-state index >= 15 is 0 Å². The SMILES string of the molecule is CC(F)(F)c1ccc(N2CCN(C(=O)C3(F)CCCCC3)CC2)nc1. The summed E-state index contributed by atoms with van der Waals surface area (Å²) in [5.41, 5.74) is -1.82. The van der Waals surface area contributed by atoms with E-state index in [9.17, 15) is 18.0 Å². The van der Waals surface area contributed by atoms with Crippen molar-refractivity contribution in [2.24, 2.45) is 0 Å². The van der Waals surface area contributed by atoms with Crippen LogP contribution in [0.15, 0.2) is 18.3 Å².